The number of anilines is 2. The first-order chi connectivity index (χ1) is 23.2. The maximum Gasteiger partial charge on any atom is 0.346 e. The molecule has 3 aromatic heterocycles. The zero-order valence-electron chi connectivity index (χ0n) is 25.8. The lowest BCUT2D eigenvalue weighted by molar-refractivity contribution is 0.0400. The Bertz CT molecular complexity index is 2150. The van der Waals surface area contributed by atoms with E-state index in [1.807, 2.05) is 18.0 Å². The Morgan fingerprint density at radius 3 is 2.79 bits per heavy atom. The summed E-state index contributed by atoms with van der Waals surface area (Å²) >= 11 is 7.78. The van der Waals surface area contributed by atoms with E-state index in [0.29, 0.717) is 43.9 Å². The summed E-state index contributed by atoms with van der Waals surface area (Å²) in [4.78, 5) is 32.5. The molecular weight excluding hydrogens is 662 g/mol. The number of hydrogen-bond donors (Lipinski definition) is 1. The first-order valence-electron chi connectivity index (χ1n) is 15.5. The van der Waals surface area contributed by atoms with Gasteiger partial charge in [0.25, 0.3) is 0 Å². The Morgan fingerprint density at radius 2 is 2.08 bits per heavy atom. The highest BCUT2D eigenvalue weighted by molar-refractivity contribution is 7.23. The zero-order valence-corrected chi connectivity index (χ0v) is 27.4. The van der Waals surface area contributed by atoms with Crippen molar-refractivity contribution in [3.63, 3.8) is 0 Å². The smallest absolute Gasteiger partial charge is 0.346 e. The van der Waals surface area contributed by atoms with Crippen molar-refractivity contribution in [1.29, 1.82) is 5.26 Å². The van der Waals surface area contributed by atoms with E-state index in [1.165, 1.54) is 29.5 Å². The molecule has 0 aliphatic carbocycles. The lowest BCUT2D eigenvalue weighted by Gasteiger charge is -2.50. The second-order valence-electron chi connectivity index (χ2n) is 12.5. The number of carbonyl (C=O) groups excluding carboxylic acids is 1. The fourth-order valence-electron chi connectivity index (χ4n) is 7.31. The maximum atomic E-state index is 17.0. The number of nitriles is 1. The summed E-state index contributed by atoms with van der Waals surface area (Å²) < 4.78 is 39.3. The van der Waals surface area contributed by atoms with Crippen LogP contribution in [0.4, 0.5) is 24.4 Å². The molecule has 3 saturated heterocycles. The van der Waals surface area contributed by atoms with Gasteiger partial charge in [-0.15, -0.1) is 11.3 Å². The fourth-order valence-corrected chi connectivity index (χ4v) is 8.56. The van der Waals surface area contributed by atoms with Crippen molar-refractivity contribution in [2.75, 3.05) is 50.5 Å². The van der Waals surface area contributed by atoms with E-state index in [1.54, 1.807) is 11.0 Å². The Morgan fingerprint density at radius 1 is 1.25 bits per heavy atom. The number of halogens is 3. The number of likely N-dealkylation sites (tertiary alicyclic amines) is 2. The van der Waals surface area contributed by atoms with Crippen LogP contribution in [0.3, 0.4) is 0 Å². The largest absolute Gasteiger partial charge is 0.462 e. The van der Waals surface area contributed by atoms with E-state index in [9.17, 15) is 14.4 Å². The van der Waals surface area contributed by atoms with Crippen LogP contribution in [0.15, 0.2) is 30.9 Å². The second kappa shape index (κ2) is 11.5. The van der Waals surface area contributed by atoms with Gasteiger partial charge in [0.05, 0.1) is 20.8 Å². The molecule has 3 aliphatic heterocycles. The van der Waals surface area contributed by atoms with Gasteiger partial charge in [-0.1, -0.05) is 17.7 Å². The molecular formula is C32H29ClF2N10O2S. The number of nitrogens with two attached hydrogens (primary N) is 1. The summed E-state index contributed by atoms with van der Waals surface area (Å²) in [5.41, 5.74) is 5.84. The van der Waals surface area contributed by atoms with E-state index in [2.05, 4.69) is 20.0 Å². The molecule has 5 aromatic rings. The van der Waals surface area contributed by atoms with Gasteiger partial charge in [0.15, 0.2) is 5.82 Å². The van der Waals surface area contributed by atoms with E-state index < -0.39 is 17.2 Å². The highest BCUT2D eigenvalue weighted by Crippen LogP contribution is 2.47. The van der Waals surface area contributed by atoms with Crippen LogP contribution < -0.4 is 15.4 Å². The summed E-state index contributed by atoms with van der Waals surface area (Å²) in [5.74, 6) is -0.899. The number of carbonyl (C=O) groups is 1. The number of likely N-dealkylation sites (N-methyl/N-ethyl adjacent to an activating group) is 1. The Labute approximate surface area is 282 Å². The number of fused-ring (bicyclic) bond motifs is 2. The van der Waals surface area contributed by atoms with Crippen molar-refractivity contribution >= 4 is 60.8 Å². The fraction of sp³-hybridized carbons (Fsp3) is 0.375. The van der Waals surface area contributed by atoms with Crippen LogP contribution >= 0.6 is 22.9 Å². The third-order valence-electron chi connectivity index (χ3n) is 9.97. The molecule has 12 nitrogen and oxygen atoms in total. The van der Waals surface area contributed by atoms with Gasteiger partial charge in [-0.3, -0.25) is 0 Å². The van der Waals surface area contributed by atoms with Gasteiger partial charge in [0.2, 0.25) is 0 Å². The van der Waals surface area contributed by atoms with Gasteiger partial charge in [0.1, 0.15) is 47.5 Å². The first-order valence-corrected chi connectivity index (χ1v) is 16.7. The topological polar surface area (TPSA) is 142 Å². The predicted octanol–water partition coefficient (Wildman–Crippen LogP) is 5.28. The lowest BCUT2D eigenvalue weighted by Crippen LogP contribution is -2.64. The highest BCUT2D eigenvalue weighted by Gasteiger charge is 2.52. The van der Waals surface area contributed by atoms with Crippen LogP contribution in [-0.4, -0.2) is 92.0 Å². The third kappa shape index (κ3) is 4.73. The number of thiophene rings is 1. The predicted molar refractivity (Wildman–Crippen MR) is 177 cm³/mol. The number of hydrogen-bond acceptors (Lipinski definition) is 11. The molecule has 246 valence electrons. The van der Waals surface area contributed by atoms with Crippen molar-refractivity contribution in [2.45, 2.75) is 37.3 Å². The monoisotopic (exact) mass is 690 g/mol. The van der Waals surface area contributed by atoms with Crippen LogP contribution in [0, 0.1) is 23.0 Å². The standard InChI is InChI=1S/C32H29ClF2N10O2S/c1-42-8-2-3-17(42)13-47-30-40-26-19(29(41-30)43-9-6-32(14-43)7-10-44(32)31(46)45-16-38-15-39-45)11-21(33)24(25(26)35)18-4-5-22(34)27-23(18)20(12-36)28(37)48-27/h4-5,11,15-17H,2-3,6-10,13-14,37H2,1H3/t17-,32?/m0/s1. The highest BCUT2D eigenvalue weighted by atomic mass is 35.5. The van der Waals surface area contributed by atoms with Crippen molar-refractivity contribution in [3.8, 4) is 23.2 Å². The number of aromatic nitrogens is 5. The Balaban J connectivity index is 1.24. The molecule has 2 aromatic carbocycles. The quantitative estimate of drug-likeness (QED) is 0.259. The molecule has 1 unspecified atom stereocenters. The minimum absolute atomic E-state index is 0.0109. The average molecular weight is 691 g/mol. The van der Waals surface area contributed by atoms with Gasteiger partial charge >= 0.3 is 12.0 Å². The molecule has 48 heavy (non-hydrogen) atoms. The van der Waals surface area contributed by atoms with E-state index in [0.717, 1.165) is 37.1 Å². The SMILES string of the molecule is CN1CCC[C@H]1COc1nc(N2CCC3(CCN3C(=O)n3cncn3)C2)c2cc(Cl)c(-c3ccc(F)c4sc(N)c(C#N)c34)c(F)c2n1. The number of amides is 1. The van der Waals surface area contributed by atoms with Gasteiger partial charge in [0, 0.05) is 42.0 Å². The van der Waals surface area contributed by atoms with Gasteiger partial charge in [-0.25, -0.2) is 18.6 Å². The van der Waals surface area contributed by atoms with Crippen LogP contribution in [0.1, 0.15) is 31.2 Å². The van der Waals surface area contributed by atoms with Crippen LogP contribution in [-0.2, 0) is 0 Å². The van der Waals surface area contributed by atoms with Gasteiger partial charge in [-0.2, -0.15) is 25.0 Å². The molecule has 2 atom stereocenters. The number of nitrogen functional groups attached to an aromatic ring is 1. The Hall–Kier alpha value is -4.65. The number of nitrogens with zero attached hydrogens (tertiary/aromatic N) is 9. The minimum Gasteiger partial charge on any atom is -0.462 e. The summed E-state index contributed by atoms with van der Waals surface area (Å²) in [5, 5.41) is 14.6. The third-order valence-corrected chi connectivity index (χ3v) is 11.3. The molecule has 0 bridgehead atoms. The van der Waals surface area contributed by atoms with Crippen molar-refractivity contribution in [2.24, 2.45) is 0 Å². The maximum absolute atomic E-state index is 17.0. The molecule has 0 saturated carbocycles. The molecule has 1 spiro atoms. The normalized spacial score (nSPS) is 21.0. The zero-order chi connectivity index (χ0) is 33.3. The van der Waals surface area contributed by atoms with Gasteiger partial charge in [-0.05, 0) is 57.0 Å². The van der Waals surface area contributed by atoms with E-state index >= 15 is 4.39 Å². The first kappa shape index (κ1) is 30.7. The molecule has 3 fully saturated rings. The summed E-state index contributed by atoms with van der Waals surface area (Å²) in [7, 11) is 2.03. The molecule has 1 amide bonds. The van der Waals surface area contributed by atoms with E-state index in [-0.39, 0.29) is 60.4 Å². The van der Waals surface area contributed by atoms with Crippen LogP contribution in [0.5, 0.6) is 6.01 Å². The lowest BCUT2D eigenvalue weighted by atomic mass is 9.84. The minimum atomic E-state index is -0.758. The Kier molecular flexibility index (Phi) is 7.35. The van der Waals surface area contributed by atoms with Gasteiger partial charge < -0.3 is 25.2 Å². The molecule has 0 radical (unpaired) electrons. The van der Waals surface area contributed by atoms with E-state index in [4.69, 9.17) is 27.1 Å². The van der Waals surface area contributed by atoms with Crippen LogP contribution in [0.2, 0.25) is 5.02 Å². The van der Waals surface area contributed by atoms with Crippen molar-refractivity contribution in [3.05, 3.63) is 53.1 Å². The number of ether oxygens (including phenoxy) is 1. The molecule has 2 N–H and O–H groups in total. The number of rotatable bonds is 5. The number of benzene rings is 2. The van der Waals surface area contributed by atoms with Crippen LogP contribution in [0.25, 0.3) is 32.1 Å². The average Bonchev–Trinajstić information content (AvgIpc) is 3.88. The summed E-state index contributed by atoms with van der Waals surface area (Å²) in [6.45, 7) is 2.85. The molecule has 3 aliphatic rings. The molecule has 6 heterocycles. The summed E-state index contributed by atoms with van der Waals surface area (Å²) in [6, 6.07) is 6.16. The summed E-state index contributed by atoms with van der Waals surface area (Å²) in [6.07, 6.45) is 6.16. The van der Waals surface area contributed by atoms with Crippen molar-refractivity contribution < 1.29 is 18.3 Å². The van der Waals surface area contributed by atoms with Crippen molar-refractivity contribution in [1.82, 2.24) is 34.5 Å². The second-order valence-corrected chi connectivity index (χ2v) is 14.0. The molecule has 8 rings (SSSR count). The molecule has 16 heteroatoms.